The molecule has 0 unspecified atom stereocenters. The van der Waals surface area contributed by atoms with Gasteiger partial charge in [0.2, 0.25) is 5.95 Å². The number of carbonyl (C=O) groups is 2. The van der Waals surface area contributed by atoms with Crippen molar-refractivity contribution < 1.29 is 9.59 Å². The number of nitrogens with one attached hydrogen (secondary N) is 2. The van der Waals surface area contributed by atoms with E-state index in [1.807, 2.05) is 35.7 Å². The van der Waals surface area contributed by atoms with Gasteiger partial charge in [-0.3, -0.25) is 9.59 Å². The van der Waals surface area contributed by atoms with Gasteiger partial charge in [0.15, 0.2) is 5.65 Å². The molecule has 8 nitrogen and oxygen atoms in total. The third kappa shape index (κ3) is 3.81. The Kier molecular flexibility index (Phi) is 4.96. The molecule has 0 aliphatic rings. The summed E-state index contributed by atoms with van der Waals surface area (Å²) in [7, 11) is 1.55. The van der Waals surface area contributed by atoms with E-state index in [1.54, 1.807) is 25.4 Å². The maximum absolute atomic E-state index is 12.5. The molecular formula is C20H18N6O2S. The molecule has 2 amide bonds. The number of carbonyl (C=O) groups excluding carboxylic acids is 2. The minimum atomic E-state index is -0.291. The zero-order chi connectivity index (χ0) is 20.4. The average molecular weight is 406 g/mol. The number of nitrogens with zero attached hydrogens (tertiary/aromatic N) is 3. The number of fused-ring (bicyclic) bond motifs is 1. The van der Waals surface area contributed by atoms with Crippen molar-refractivity contribution >= 4 is 34.7 Å². The third-order valence-corrected chi connectivity index (χ3v) is 5.30. The molecule has 3 heterocycles. The number of aromatic nitrogens is 3. The molecule has 3 aromatic heterocycles. The Hall–Kier alpha value is -3.72. The first kappa shape index (κ1) is 18.6. The summed E-state index contributed by atoms with van der Waals surface area (Å²) in [6, 6.07) is 13.2. The van der Waals surface area contributed by atoms with Gasteiger partial charge in [0.25, 0.3) is 11.8 Å². The first-order valence-electron chi connectivity index (χ1n) is 8.84. The SMILES string of the molecule is CNC(=O)c1cc(-c2csc(C(=O)NCc3ccccc3)c2)cn2nc(N)nc12. The van der Waals surface area contributed by atoms with Crippen molar-refractivity contribution in [2.24, 2.45) is 0 Å². The molecule has 0 fully saturated rings. The molecule has 0 atom stereocenters. The van der Waals surface area contributed by atoms with Gasteiger partial charge in [-0.25, -0.2) is 4.52 Å². The van der Waals surface area contributed by atoms with E-state index >= 15 is 0 Å². The first-order chi connectivity index (χ1) is 14.0. The van der Waals surface area contributed by atoms with Crippen LogP contribution in [0.2, 0.25) is 0 Å². The Balaban J connectivity index is 1.61. The van der Waals surface area contributed by atoms with Gasteiger partial charge in [0.1, 0.15) is 0 Å². The maximum atomic E-state index is 12.5. The largest absolute Gasteiger partial charge is 0.366 e. The summed E-state index contributed by atoms with van der Waals surface area (Å²) in [5.74, 6) is -0.360. The number of nitrogens with two attached hydrogens (primary N) is 1. The van der Waals surface area contributed by atoms with E-state index < -0.39 is 0 Å². The van der Waals surface area contributed by atoms with Crippen LogP contribution in [-0.2, 0) is 6.54 Å². The van der Waals surface area contributed by atoms with Crippen LogP contribution >= 0.6 is 11.3 Å². The van der Waals surface area contributed by atoms with Crippen LogP contribution < -0.4 is 16.4 Å². The number of hydrogen-bond donors (Lipinski definition) is 3. The van der Waals surface area contributed by atoms with Gasteiger partial charge in [0.05, 0.1) is 10.4 Å². The van der Waals surface area contributed by atoms with Crippen LogP contribution in [0.4, 0.5) is 5.95 Å². The molecule has 0 aliphatic heterocycles. The lowest BCUT2D eigenvalue weighted by Crippen LogP contribution is -2.21. The van der Waals surface area contributed by atoms with Crippen LogP contribution in [0.15, 0.2) is 54.0 Å². The number of hydrogen-bond acceptors (Lipinski definition) is 6. The Morgan fingerprint density at radius 1 is 1.14 bits per heavy atom. The van der Waals surface area contributed by atoms with Crippen LogP contribution in [0.3, 0.4) is 0 Å². The third-order valence-electron chi connectivity index (χ3n) is 4.37. The first-order valence-corrected chi connectivity index (χ1v) is 9.72. The van der Waals surface area contributed by atoms with Gasteiger partial charge in [-0.05, 0) is 28.6 Å². The van der Waals surface area contributed by atoms with E-state index in [9.17, 15) is 9.59 Å². The zero-order valence-corrected chi connectivity index (χ0v) is 16.4. The molecular weight excluding hydrogens is 388 g/mol. The van der Waals surface area contributed by atoms with E-state index in [4.69, 9.17) is 5.73 Å². The number of anilines is 1. The summed E-state index contributed by atoms with van der Waals surface area (Å²) >= 11 is 1.34. The van der Waals surface area contributed by atoms with Gasteiger partial charge in [0, 0.05) is 25.4 Å². The molecule has 0 radical (unpaired) electrons. The summed E-state index contributed by atoms with van der Waals surface area (Å²) in [4.78, 5) is 29.4. The normalized spacial score (nSPS) is 10.8. The van der Waals surface area contributed by atoms with Crippen LogP contribution in [0.25, 0.3) is 16.8 Å². The monoisotopic (exact) mass is 406 g/mol. The van der Waals surface area contributed by atoms with E-state index in [-0.39, 0.29) is 17.8 Å². The summed E-state index contributed by atoms with van der Waals surface area (Å²) < 4.78 is 1.47. The molecule has 9 heteroatoms. The summed E-state index contributed by atoms with van der Waals surface area (Å²) in [5, 5.41) is 11.5. The molecule has 4 N–H and O–H groups in total. The number of rotatable bonds is 5. The molecule has 0 aliphatic carbocycles. The fraction of sp³-hybridized carbons (Fsp3) is 0.100. The quantitative estimate of drug-likeness (QED) is 0.471. The topological polar surface area (TPSA) is 114 Å². The lowest BCUT2D eigenvalue weighted by Gasteiger charge is -2.05. The van der Waals surface area contributed by atoms with Crippen molar-refractivity contribution in [2.45, 2.75) is 6.54 Å². The van der Waals surface area contributed by atoms with Gasteiger partial charge in [-0.15, -0.1) is 16.4 Å². The minimum absolute atomic E-state index is 0.0820. The summed E-state index contributed by atoms with van der Waals surface area (Å²) in [5.41, 5.74) is 8.99. The van der Waals surface area contributed by atoms with E-state index in [0.29, 0.717) is 22.6 Å². The molecule has 4 rings (SSSR count). The Bertz CT molecular complexity index is 1200. The standard InChI is InChI=1S/C20H18N6O2S/c1-22-18(27)15-7-13(10-26-17(15)24-20(21)25-26)14-8-16(29-11-14)19(28)23-9-12-5-3-2-4-6-12/h2-8,10-11H,9H2,1H3,(H2,21,25)(H,22,27)(H,23,28). The van der Waals surface area contributed by atoms with Crippen LogP contribution in [0.1, 0.15) is 25.6 Å². The van der Waals surface area contributed by atoms with Crippen molar-refractivity contribution in [1.82, 2.24) is 25.2 Å². The Morgan fingerprint density at radius 3 is 2.69 bits per heavy atom. The van der Waals surface area contributed by atoms with E-state index in [1.165, 1.54) is 15.9 Å². The molecule has 4 aromatic rings. The number of amides is 2. The molecule has 0 saturated heterocycles. The highest BCUT2D eigenvalue weighted by atomic mass is 32.1. The second-order valence-corrected chi connectivity index (χ2v) is 7.24. The van der Waals surface area contributed by atoms with Crippen molar-refractivity contribution in [3.05, 3.63) is 70.0 Å². The fourth-order valence-electron chi connectivity index (χ4n) is 2.93. The fourth-order valence-corrected chi connectivity index (χ4v) is 3.77. The minimum Gasteiger partial charge on any atom is -0.366 e. The molecule has 1 aromatic carbocycles. The van der Waals surface area contributed by atoms with Crippen LogP contribution in [0.5, 0.6) is 0 Å². The predicted octanol–water partition coefficient (Wildman–Crippen LogP) is 2.33. The molecule has 0 bridgehead atoms. The predicted molar refractivity (Wildman–Crippen MR) is 112 cm³/mol. The van der Waals surface area contributed by atoms with Crippen molar-refractivity contribution in [1.29, 1.82) is 0 Å². The molecule has 0 saturated carbocycles. The van der Waals surface area contributed by atoms with Crippen LogP contribution in [-0.4, -0.2) is 33.5 Å². The Labute approximate surface area is 170 Å². The number of pyridine rings is 1. The highest BCUT2D eigenvalue weighted by molar-refractivity contribution is 7.12. The van der Waals surface area contributed by atoms with Crippen molar-refractivity contribution in [3.8, 4) is 11.1 Å². The van der Waals surface area contributed by atoms with Gasteiger partial charge < -0.3 is 16.4 Å². The molecule has 0 spiro atoms. The summed E-state index contributed by atoms with van der Waals surface area (Å²) in [6.07, 6.45) is 1.73. The highest BCUT2D eigenvalue weighted by Crippen LogP contribution is 2.28. The lowest BCUT2D eigenvalue weighted by molar-refractivity contribution is 0.0950. The number of thiophene rings is 1. The molecule has 146 valence electrons. The second kappa shape index (κ2) is 7.72. The van der Waals surface area contributed by atoms with Gasteiger partial charge in [-0.1, -0.05) is 30.3 Å². The second-order valence-electron chi connectivity index (χ2n) is 6.33. The van der Waals surface area contributed by atoms with Crippen molar-refractivity contribution in [2.75, 3.05) is 12.8 Å². The smallest absolute Gasteiger partial charge is 0.261 e. The average Bonchev–Trinajstić information content (AvgIpc) is 3.37. The van der Waals surface area contributed by atoms with Crippen molar-refractivity contribution in [3.63, 3.8) is 0 Å². The zero-order valence-electron chi connectivity index (χ0n) is 15.5. The highest BCUT2D eigenvalue weighted by Gasteiger charge is 2.17. The number of benzene rings is 1. The van der Waals surface area contributed by atoms with E-state index in [2.05, 4.69) is 20.7 Å². The van der Waals surface area contributed by atoms with E-state index in [0.717, 1.165) is 16.7 Å². The number of nitrogen functional groups attached to an aromatic ring is 1. The van der Waals surface area contributed by atoms with Gasteiger partial charge in [-0.2, -0.15) is 4.98 Å². The van der Waals surface area contributed by atoms with Gasteiger partial charge >= 0.3 is 0 Å². The molecule has 29 heavy (non-hydrogen) atoms. The Morgan fingerprint density at radius 2 is 1.93 bits per heavy atom. The maximum Gasteiger partial charge on any atom is 0.261 e. The van der Waals surface area contributed by atoms with Crippen LogP contribution in [0, 0.1) is 0 Å². The lowest BCUT2D eigenvalue weighted by atomic mass is 10.1. The summed E-state index contributed by atoms with van der Waals surface area (Å²) in [6.45, 7) is 0.456.